The van der Waals surface area contributed by atoms with Crippen molar-refractivity contribution in [1.29, 1.82) is 0 Å². The second-order valence-electron chi connectivity index (χ2n) is 5.76. The van der Waals surface area contributed by atoms with Gasteiger partial charge in [-0.15, -0.1) is 11.8 Å². The van der Waals surface area contributed by atoms with E-state index in [-0.39, 0.29) is 17.0 Å². The van der Waals surface area contributed by atoms with Gasteiger partial charge in [-0.1, -0.05) is 19.9 Å². The standard InChI is InChI=1S/C14H18F3NOS/c1-13(2)10-6-9(19)4-3-8(10)5-11(12(13)18)20-7-14(15,16)17/h3-4,6,11-12,19H,5,7,18H2,1-2H3. The summed E-state index contributed by atoms with van der Waals surface area (Å²) in [6, 6.07) is 4.63. The predicted molar refractivity (Wildman–Crippen MR) is 75.1 cm³/mol. The van der Waals surface area contributed by atoms with Crippen LogP contribution in [-0.2, 0) is 11.8 Å². The van der Waals surface area contributed by atoms with E-state index in [0.717, 1.165) is 22.9 Å². The zero-order valence-electron chi connectivity index (χ0n) is 11.4. The maximum atomic E-state index is 12.4. The average Bonchev–Trinajstić information content (AvgIpc) is 2.32. The van der Waals surface area contributed by atoms with Crippen molar-refractivity contribution >= 4 is 11.8 Å². The van der Waals surface area contributed by atoms with E-state index >= 15 is 0 Å². The van der Waals surface area contributed by atoms with Crippen LogP contribution in [0.1, 0.15) is 25.0 Å². The molecule has 1 aromatic carbocycles. The molecule has 2 nitrogen and oxygen atoms in total. The molecule has 112 valence electrons. The maximum Gasteiger partial charge on any atom is 0.397 e. The molecule has 6 heteroatoms. The van der Waals surface area contributed by atoms with E-state index in [9.17, 15) is 18.3 Å². The van der Waals surface area contributed by atoms with Crippen LogP contribution in [-0.4, -0.2) is 28.3 Å². The molecule has 0 aromatic heterocycles. The lowest BCUT2D eigenvalue weighted by Crippen LogP contribution is -2.52. The maximum absolute atomic E-state index is 12.4. The smallest absolute Gasteiger partial charge is 0.397 e. The molecule has 0 saturated heterocycles. The van der Waals surface area contributed by atoms with Gasteiger partial charge in [-0.3, -0.25) is 0 Å². The summed E-state index contributed by atoms with van der Waals surface area (Å²) in [6.07, 6.45) is -3.68. The van der Waals surface area contributed by atoms with Gasteiger partial charge in [0, 0.05) is 16.7 Å². The number of phenols is 1. The van der Waals surface area contributed by atoms with Gasteiger partial charge in [-0.05, 0) is 29.7 Å². The lowest BCUT2D eigenvalue weighted by atomic mass is 9.69. The average molecular weight is 305 g/mol. The highest BCUT2D eigenvalue weighted by atomic mass is 32.2. The Kier molecular flexibility index (Phi) is 3.99. The zero-order valence-corrected chi connectivity index (χ0v) is 12.2. The molecule has 0 heterocycles. The molecule has 2 atom stereocenters. The largest absolute Gasteiger partial charge is 0.508 e. The highest BCUT2D eigenvalue weighted by Crippen LogP contribution is 2.42. The number of hydrogen-bond acceptors (Lipinski definition) is 3. The minimum absolute atomic E-state index is 0.158. The second-order valence-corrected chi connectivity index (χ2v) is 6.99. The van der Waals surface area contributed by atoms with Crippen LogP contribution < -0.4 is 5.73 Å². The van der Waals surface area contributed by atoms with E-state index in [4.69, 9.17) is 5.73 Å². The Balaban J connectivity index is 2.27. The van der Waals surface area contributed by atoms with E-state index in [1.54, 1.807) is 18.2 Å². The topological polar surface area (TPSA) is 46.2 Å². The summed E-state index contributed by atoms with van der Waals surface area (Å²) in [5.41, 5.74) is 7.61. The van der Waals surface area contributed by atoms with Crippen molar-refractivity contribution in [3.63, 3.8) is 0 Å². The Morgan fingerprint density at radius 3 is 2.65 bits per heavy atom. The molecule has 2 unspecified atom stereocenters. The third-order valence-electron chi connectivity index (χ3n) is 3.90. The van der Waals surface area contributed by atoms with Crippen LogP contribution in [0, 0.1) is 0 Å². The number of benzene rings is 1. The van der Waals surface area contributed by atoms with Crippen LogP contribution in [0.15, 0.2) is 18.2 Å². The number of fused-ring (bicyclic) bond motifs is 1. The molecule has 0 amide bonds. The molecule has 2 rings (SSSR count). The van der Waals surface area contributed by atoms with Crippen LogP contribution in [0.4, 0.5) is 13.2 Å². The first-order chi connectivity index (χ1) is 9.11. The minimum atomic E-state index is -4.18. The Morgan fingerprint density at radius 1 is 1.40 bits per heavy atom. The van der Waals surface area contributed by atoms with Crippen molar-refractivity contribution in [3.8, 4) is 5.75 Å². The highest BCUT2D eigenvalue weighted by molar-refractivity contribution is 8.00. The van der Waals surface area contributed by atoms with E-state index in [0.29, 0.717) is 6.42 Å². The van der Waals surface area contributed by atoms with Crippen molar-refractivity contribution in [2.75, 3.05) is 5.75 Å². The van der Waals surface area contributed by atoms with E-state index in [2.05, 4.69) is 0 Å². The van der Waals surface area contributed by atoms with E-state index in [1.165, 1.54) is 0 Å². The first kappa shape index (κ1) is 15.5. The van der Waals surface area contributed by atoms with Gasteiger partial charge in [0.15, 0.2) is 0 Å². The summed E-state index contributed by atoms with van der Waals surface area (Å²) in [7, 11) is 0. The summed E-state index contributed by atoms with van der Waals surface area (Å²) in [4.78, 5) is 0. The first-order valence-corrected chi connectivity index (χ1v) is 7.42. The van der Waals surface area contributed by atoms with Crippen molar-refractivity contribution in [2.24, 2.45) is 5.73 Å². The number of halogens is 3. The van der Waals surface area contributed by atoms with E-state index in [1.807, 2.05) is 13.8 Å². The number of hydrogen-bond donors (Lipinski definition) is 2. The zero-order chi connectivity index (χ0) is 15.1. The van der Waals surface area contributed by atoms with Gasteiger partial charge in [-0.25, -0.2) is 0 Å². The lowest BCUT2D eigenvalue weighted by molar-refractivity contribution is -0.105. The number of alkyl halides is 3. The summed E-state index contributed by atoms with van der Waals surface area (Å²) in [6.45, 7) is 3.83. The number of aromatic hydroxyl groups is 1. The van der Waals surface area contributed by atoms with Crippen LogP contribution in [0.3, 0.4) is 0 Å². The third kappa shape index (κ3) is 3.06. The summed E-state index contributed by atoms with van der Waals surface area (Å²) < 4.78 is 37.2. The fraction of sp³-hybridized carbons (Fsp3) is 0.571. The molecular formula is C14H18F3NOS. The van der Waals surface area contributed by atoms with Gasteiger partial charge < -0.3 is 10.8 Å². The Morgan fingerprint density at radius 2 is 2.05 bits per heavy atom. The Hall–Kier alpha value is -0.880. The molecule has 0 aliphatic heterocycles. The summed E-state index contributed by atoms with van der Waals surface area (Å²) in [5.74, 6) is -0.722. The second kappa shape index (κ2) is 5.15. The van der Waals surface area contributed by atoms with Crippen LogP contribution >= 0.6 is 11.8 Å². The number of rotatable bonds is 2. The molecule has 20 heavy (non-hydrogen) atoms. The SMILES string of the molecule is CC1(C)c2cc(O)ccc2CC(SCC(F)(F)F)C1N. The Labute approximate surface area is 120 Å². The highest BCUT2D eigenvalue weighted by Gasteiger charge is 2.42. The molecule has 0 fully saturated rings. The quantitative estimate of drug-likeness (QED) is 0.882. The minimum Gasteiger partial charge on any atom is -0.508 e. The van der Waals surface area contributed by atoms with Gasteiger partial charge >= 0.3 is 6.18 Å². The fourth-order valence-corrected chi connectivity index (χ4v) is 3.94. The normalized spacial score (nSPS) is 25.3. The lowest BCUT2D eigenvalue weighted by Gasteiger charge is -2.43. The van der Waals surface area contributed by atoms with Crippen molar-refractivity contribution < 1.29 is 18.3 Å². The molecule has 0 bridgehead atoms. The summed E-state index contributed by atoms with van der Waals surface area (Å²) in [5, 5.41) is 9.31. The number of thioether (sulfide) groups is 1. The summed E-state index contributed by atoms with van der Waals surface area (Å²) >= 11 is 0.870. The van der Waals surface area contributed by atoms with Gasteiger partial charge in [0.05, 0.1) is 5.75 Å². The molecule has 0 saturated carbocycles. The molecule has 1 aliphatic rings. The van der Waals surface area contributed by atoms with E-state index < -0.39 is 17.3 Å². The molecule has 3 N–H and O–H groups in total. The van der Waals surface area contributed by atoms with Crippen LogP contribution in [0.25, 0.3) is 0 Å². The molecule has 0 radical (unpaired) electrons. The van der Waals surface area contributed by atoms with Gasteiger partial charge in [0.1, 0.15) is 5.75 Å². The molecular weight excluding hydrogens is 287 g/mol. The van der Waals surface area contributed by atoms with Gasteiger partial charge in [0.25, 0.3) is 0 Å². The predicted octanol–water partition coefficient (Wildman–Crippen LogP) is 3.22. The first-order valence-electron chi connectivity index (χ1n) is 6.37. The number of phenolic OH excluding ortho intramolecular Hbond substituents is 1. The van der Waals surface area contributed by atoms with Crippen molar-refractivity contribution in [2.45, 2.75) is 43.2 Å². The monoisotopic (exact) mass is 305 g/mol. The Bertz CT molecular complexity index is 502. The van der Waals surface area contributed by atoms with Crippen LogP contribution in [0.5, 0.6) is 5.75 Å². The fourth-order valence-electron chi connectivity index (χ4n) is 2.69. The van der Waals surface area contributed by atoms with Crippen LogP contribution in [0.2, 0.25) is 0 Å². The molecule has 0 spiro atoms. The van der Waals surface area contributed by atoms with Gasteiger partial charge in [0.2, 0.25) is 0 Å². The number of nitrogens with two attached hydrogens (primary N) is 1. The van der Waals surface area contributed by atoms with Crippen molar-refractivity contribution in [3.05, 3.63) is 29.3 Å². The van der Waals surface area contributed by atoms with Gasteiger partial charge in [-0.2, -0.15) is 13.2 Å². The van der Waals surface area contributed by atoms with Crippen molar-refractivity contribution in [1.82, 2.24) is 0 Å². The molecule has 1 aromatic rings. The third-order valence-corrected chi connectivity index (χ3v) is 5.29. The molecule has 1 aliphatic carbocycles.